The molecule has 11 nitrogen and oxygen atoms in total. The zero-order valence-corrected chi connectivity index (χ0v) is 14.8. The Morgan fingerprint density at radius 2 is 2.00 bits per heavy atom. The second kappa shape index (κ2) is 8.75. The van der Waals surface area contributed by atoms with E-state index in [1.54, 1.807) is 6.92 Å². The second-order valence-electron chi connectivity index (χ2n) is 5.78. The van der Waals surface area contributed by atoms with Gasteiger partial charge in [0.05, 0.1) is 4.92 Å². The van der Waals surface area contributed by atoms with E-state index in [0.717, 1.165) is 18.2 Å². The van der Waals surface area contributed by atoms with E-state index in [2.05, 4.69) is 10.6 Å². The molecule has 2 rings (SSSR count). The second-order valence-corrected chi connectivity index (χ2v) is 5.78. The van der Waals surface area contributed by atoms with Crippen LogP contribution in [0.2, 0.25) is 0 Å². The minimum atomic E-state index is -1.41. The molecule has 1 heterocycles. The zero-order valence-electron chi connectivity index (χ0n) is 14.8. The standard InChI is InChI=1S/C17H17N3O8/c1-2-18-14(21)6-4-12(16(23)24)19-15(22)11-8-9-7-10(20(26)27)3-5-13(9)28-17(11)25/h3,5,7-8,12H,2,4,6H2,1H3,(H,18,21)(H,19,22)(H,23,24)/t12-/m1/s1. The van der Waals surface area contributed by atoms with Crippen LogP contribution in [0.5, 0.6) is 0 Å². The minimum absolute atomic E-state index is 0.0400. The lowest BCUT2D eigenvalue weighted by molar-refractivity contribution is -0.384. The molecule has 0 fully saturated rings. The van der Waals surface area contributed by atoms with Gasteiger partial charge in [-0.25, -0.2) is 9.59 Å². The number of benzene rings is 1. The van der Waals surface area contributed by atoms with Gasteiger partial charge in [0.1, 0.15) is 17.2 Å². The zero-order chi connectivity index (χ0) is 20.8. The highest BCUT2D eigenvalue weighted by molar-refractivity contribution is 5.98. The molecule has 0 aliphatic carbocycles. The van der Waals surface area contributed by atoms with Crippen molar-refractivity contribution < 1.29 is 28.8 Å². The number of carboxylic acids is 1. The highest BCUT2D eigenvalue weighted by Gasteiger charge is 2.24. The number of nitro benzene ring substituents is 1. The molecule has 0 spiro atoms. The Bertz CT molecular complexity index is 998. The van der Waals surface area contributed by atoms with Gasteiger partial charge in [-0.05, 0) is 25.5 Å². The summed E-state index contributed by atoms with van der Waals surface area (Å²) in [4.78, 5) is 57.4. The summed E-state index contributed by atoms with van der Waals surface area (Å²) in [6, 6.07) is 3.18. The summed E-state index contributed by atoms with van der Waals surface area (Å²) in [5, 5.41) is 24.9. The van der Waals surface area contributed by atoms with Gasteiger partial charge in [0, 0.05) is 30.5 Å². The molecule has 0 radical (unpaired) electrons. The maximum Gasteiger partial charge on any atom is 0.349 e. The largest absolute Gasteiger partial charge is 0.480 e. The fraction of sp³-hybridized carbons (Fsp3) is 0.294. The first-order valence-corrected chi connectivity index (χ1v) is 8.25. The number of nitrogens with zero attached hydrogens (tertiary/aromatic N) is 1. The number of carbonyl (C=O) groups is 3. The summed E-state index contributed by atoms with van der Waals surface area (Å²) in [7, 11) is 0. The fourth-order valence-electron chi connectivity index (χ4n) is 2.44. The van der Waals surface area contributed by atoms with Crippen molar-refractivity contribution in [3.8, 4) is 0 Å². The van der Waals surface area contributed by atoms with Gasteiger partial charge in [-0.1, -0.05) is 0 Å². The first kappa shape index (κ1) is 20.6. The Morgan fingerprint density at radius 1 is 1.29 bits per heavy atom. The molecule has 0 aliphatic heterocycles. The summed E-state index contributed by atoms with van der Waals surface area (Å²) in [6.45, 7) is 2.09. The van der Waals surface area contributed by atoms with Crippen LogP contribution in [-0.4, -0.2) is 40.4 Å². The number of nitro groups is 1. The maximum atomic E-state index is 12.3. The molecule has 0 aliphatic rings. The minimum Gasteiger partial charge on any atom is -0.480 e. The molecule has 11 heteroatoms. The fourth-order valence-corrected chi connectivity index (χ4v) is 2.44. The van der Waals surface area contributed by atoms with Crippen LogP contribution >= 0.6 is 0 Å². The van der Waals surface area contributed by atoms with Crippen LogP contribution in [0.15, 0.2) is 33.5 Å². The quantitative estimate of drug-likeness (QED) is 0.337. The SMILES string of the molecule is CCNC(=O)CC[C@@H](NC(=O)c1cc2cc([N+](=O)[O-])ccc2oc1=O)C(=O)O. The maximum absolute atomic E-state index is 12.3. The molecule has 0 bridgehead atoms. The molecule has 1 aromatic heterocycles. The average Bonchev–Trinajstić information content (AvgIpc) is 2.63. The highest BCUT2D eigenvalue weighted by Crippen LogP contribution is 2.20. The molecule has 3 N–H and O–H groups in total. The van der Waals surface area contributed by atoms with Crippen molar-refractivity contribution >= 4 is 34.4 Å². The third-order valence-corrected chi connectivity index (χ3v) is 3.81. The van der Waals surface area contributed by atoms with Crippen molar-refractivity contribution in [2.75, 3.05) is 6.54 Å². The molecule has 1 atom stereocenters. The van der Waals surface area contributed by atoms with E-state index < -0.39 is 34.0 Å². The van der Waals surface area contributed by atoms with E-state index in [-0.39, 0.29) is 35.4 Å². The predicted octanol–water partition coefficient (Wildman–Crippen LogP) is 0.800. The number of amides is 2. The van der Waals surface area contributed by atoms with Crippen molar-refractivity contribution in [1.29, 1.82) is 0 Å². The number of nitrogens with one attached hydrogen (secondary N) is 2. The topological polar surface area (TPSA) is 169 Å². The molecule has 148 valence electrons. The van der Waals surface area contributed by atoms with E-state index in [4.69, 9.17) is 4.42 Å². The molecule has 0 saturated heterocycles. The normalized spacial score (nSPS) is 11.6. The first-order chi connectivity index (χ1) is 13.2. The van der Waals surface area contributed by atoms with E-state index in [1.807, 2.05) is 0 Å². The van der Waals surface area contributed by atoms with Gasteiger partial charge in [0.15, 0.2) is 0 Å². The van der Waals surface area contributed by atoms with Crippen LogP contribution in [0.25, 0.3) is 11.0 Å². The molecule has 1 aromatic carbocycles. The smallest absolute Gasteiger partial charge is 0.349 e. The molecular formula is C17H17N3O8. The van der Waals surface area contributed by atoms with Crippen molar-refractivity contribution in [2.45, 2.75) is 25.8 Å². The molecule has 2 aromatic rings. The Hall–Kier alpha value is -3.76. The van der Waals surface area contributed by atoms with Crippen molar-refractivity contribution in [3.63, 3.8) is 0 Å². The van der Waals surface area contributed by atoms with E-state index in [0.29, 0.717) is 6.54 Å². The van der Waals surface area contributed by atoms with Gasteiger partial charge in [0.25, 0.3) is 11.6 Å². The van der Waals surface area contributed by atoms with Gasteiger partial charge in [-0.2, -0.15) is 0 Å². The van der Waals surface area contributed by atoms with E-state index >= 15 is 0 Å². The van der Waals surface area contributed by atoms with Crippen molar-refractivity contribution in [1.82, 2.24) is 10.6 Å². The number of aliphatic carboxylic acids is 1. The van der Waals surface area contributed by atoms with Crippen LogP contribution in [0.1, 0.15) is 30.1 Å². The van der Waals surface area contributed by atoms with Gasteiger partial charge in [-0.3, -0.25) is 19.7 Å². The number of carbonyl (C=O) groups excluding carboxylic acids is 2. The van der Waals surface area contributed by atoms with Crippen LogP contribution in [0.3, 0.4) is 0 Å². The third-order valence-electron chi connectivity index (χ3n) is 3.81. The number of hydrogen-bond acceptors (Lipinski definition) is 7. The van der Waals surface area contributed by atoms with Crippen LogP contribution in [0.4, 0.5) is 5.69 Å². The summed E-state index contributed by atoms with van der Waals surface area (Å²) < 4.78 is 4.97. The average molecular weight is 391 g/mol. The van der Waals surface area contributed by atoms with Crippen molar-refractivity contribution in [2.24, 2.45) is 0 Å². The molecule has 0 saturated carbocycles. The van der Waals surface area contributed by atoms with Crippen LogP contribution in [-0.2, 0) is 9.59 Å². The Balaban J connectivity index is 2.25. The predicted molar refractivity (Wildman–Crippen MR) is 95.9 cm³/mol. The van der Waals surface area contributed by atoms with E-state index in [1.165, 1.54) is 6.07 Å². The molecule has 28 heavy (non-hydrogen) atoms. The number of fused-ring (bicyclic) bond motifs is 1. The monoisotopic (exact) mass is 391 g/mol. The number of hydrogen-bond donors (Lipinski definition) is 3. The lowest BCUT2D eigenvalue weighted by Gasteiger charge is -2.14. The molecular weight excluding hydrogens is 374 g/mol. The first-order valence-electron chi connectivity index (χ1n) is 8.25. The third kappa shape index (κ3) is 4.90. The summed E-state index contributed by atoms with van der Waals surface area (Å²) in [5.74, 6) is -2.77. The summed E-state index contributed by atoms with van der Waals surface area (Å²) in [5.41, 5.74) is -1.75. The van der Waals surface area contributed by atoms with Crippen LogP contribution in [0, 0.1) is 10.1 Å². The highest BCUT2D eigenvalue weighted by atomic mass is 16.6. The Kier molecular flexibility index (Phi) is 6.42. The lowest BCUT2D eigenvalue weighted by atomic mass is 10.1. The van der Waals surface area contributed by atoms with E-state index in [9.17, 15) is 34.4 Å². The lowest BCUT2D eigenvalue weighted by Crippen LogP contribution is -2.43. The Labute approximate surface area is 157 Å². The van der Waals surface area contributed by atoms with Gasteiger partial charge in [-0.15, -0.1) is 0 Å². The van der Waals surface area contributed by atoms with Gasteiger partial charge < -0.3 is 20.2 Å². The van der Waals surface area contributed by atoms with Crippen LogP contribution < -0.4 is 16.3 Å². The number of rotatable bonds is 8. The van der Waals surface area contributed by atoms with Crippen molar-refractivity contribution in [3.05, 3.63) is 50.4 Å². The Morgan fingerprint density at radius 3 is 2.61 bits per heavy atom. The van der Waals surface area contributed by atoms with Gasteiger partial charge >= 0.3 is 11.6 Å². The molecule has 2 amide bonds. The summed E-state index contributed by atoms with van der Waals surface area (Å²) in [6.07, 6.45) is -0.319. The number of non-ortho nitro benzene ring substituents is 1. The number of carboxylic acid groups (broad SMARTS) is 1. The molecule has 0 unspecified atom stereocenters. The van der Waals surface area contributed by atoms with Gasteiger partial charge in [0.2, 0.25) is 5.91 Å². The summed E-state index contributed by atoms with van der Waals surface area (Å²) >= 11 is 0.